The van der Waals surface area contributed by atoms with E-state index in [2.05, 4.69) is 11.0 Å². The van der Waals surface area contributed by atoms with Crippen molar-refractivity contribution >= 4 is 11.3 Å². The molecule has 25 heavy (non-hydrogen) atoms. The minimum absolute atomic E-state index is 0.185. The predicted octanol–water partition coefficient (Wildman–Crippen LogP) is 4.65. The third-order valence-corrected chi connectivity index (χ3v) is 5.24. The molecule has 4 rings (SSSR count). The van der Waals surface area contributed by atoms with Gasteiger partial charge in [-0.05, 0) is 46.8 Å². The number of phenolic OH excluding ortho intramolecular Hbond substituents is 1. The zero-order valence-electron chi connectivity index (χ0n) is 13.6. The van der Waals surface area contributed by atoms with Crippen molar-refractivity contribution in [1.29, 1.82) is 0 Å². The van der Waals surface area contributed by atoms with E-state index in [1.54, 1.807) is 17.4 Å². The molecule has 0 fully saturated rings. The van der Waals surface area contributed by atoms with Crippen molar-refractivity contribution in [3.63, 3.8) is 0 Å². The van der Waals surface area contributed by atoms with Crippen molar-refractivity contribution in [2.75, 3.05) is 13.2 Å². The number of benzene rings is 2. The number of hydrogen-bond donors (Lipinski definition) is 1. The summed E-state index contributed by atoms with van der Waals surface area (Å²) in [6.45, 7) is 2.66. The first-order valence-electron chi connectivity index (χ1n) is 8.18. The number of fused-ring (bicyclic) bond motifs is 1. The van der Waals surface area contributed by atoms with Crippen molar-refractivity contribution in [3.8, 4) is 21.9 Å². The zero-order valence-corrected chi connectivity index (χ0v) is 14.4. The van der Waals surface area contributed by atoms with Crippen molar-refractivity contribution in [1.82, 2.24) is 4.90 Å². The monoisotopic (exact) mass is 355 g/mol. The number of hydrogen-bond acceptors (Lipinski definition) is 4. The van der Waals surface area contributed by atoms with Gasteiger partial charge in [0.25, 0.3) is 0 Å². The van der Waals surface area contributed by atoms with Crippen LogP contribution in [0.25, 0.3) is 10.4 Å². The Labute approximate surface area is 149 Å². The highest BCUT2D eigenvalue weighted by Crippen LogP contribution is 2.38. The van der Waals surface area contributed by atoms with Gasteiger partial charge in [-0.1, -0.05) is 18.2 Å². The molecule has 0 bridgehead atoms. The summed E-state index contributed by atoms with van der Waals surface area (Å²) in [5, 5.41) is 12.4. The van der Waals surface area contributed by atoms with Crippen molar-refractivity contribution in [2.45, 2.75) is 13.1 Å². The van der Waals surface area contributed by atoms with Crippen LogP contribution in [-0.4, -0.2) is 23.2 Å². The van der Waals surface area contributed by atoms with Gasteiger partial charge in [-0.2, -0.15) is 0 Å². The SMILES string of the molecule is Oc1cc(-c2cccs2)cc2c1OCCN(Cc1ccc(F)cc1)C2. The molecule has 0 unspecified atom stereocenters. The summed E-state index contributed by atoms with van der Waals surface area (Å²) in [6.07, 6.45) is 0. The van der Waals surface area contributed by atoms with Crippen molar-refractivity contribution in [2.24, 2.45) is 0 Å². The van der Waals surface area contributed by atoms with Crippen LogP contribution in [0.5, 0.6) is 11.5 Å². The fraction of sp³-hybridized carbons (Fsp3) is 0.200. The molecule has 0 saturated carbocycles. The molecule has 2 heterocycles. The fourth-order valence-corrected chi connectivity index (χ4v) is 3.84. The Balaban J connectivity index is 1.61. The lowest BCUT2D eigenvalue weighted by molar-refractivity contribution is 0.217. The lowest BCUT2D eigenvalue weighted by Crippen LogP contribution is -2.25. The number of aromatic hydroxyl groups is 1. The molecule has 1 aliphatic heterocycles. The number of rotatable bonds is 3. The molecule has 1 aliphatic rings. The van der Waals surface area contributed by atoms with Gasteiger partial charge in [0.05, 0.1) is 0 Å². The van der Waals surface area contributed by atoms with Gasteiger partial charge in [-0.25, -0.2) is 4.39 Å². The molecule has 3 aromatic rings. The Morgan fingerprint density at radius 2 is 2.00 bits per heavy atom. The van der Waals surface area contributed by atoms with E-state index in [9.17, 15) is 9.50 Å². The molecule has 0 radical (unpaired) electrons. The van der Waals surface area contributed by atoms with Crippen molar-refractivity contribution in [3.05, 3.63) is 70.9 Å². The van der Waals surface area contributed by atoms with Gasteiger partial charge in [0.2, 0.25) is 0 Å². The minimum atomic E-state index is -0.223. The maximum Gasteiger partial charge on any atom is 0.165 e. The Kier molecular flexibility index (Phi) is 4.42. The van der Waals surface area contributed by atoms with Crippen LogP contribution in [0.3, 0.4) is 0 Å². The minimum Gasteiger partial charge on any atom is -0.504 e. The topological polar surface area (TPSA) is 32.7 Å². The van der Waals surface area contributed by atoms with Gasteiger partial charge < -0.3 is 9.84 Å². The maximum absolute atomic E-state index is 13.1. The van der Waals surface area contributed by atoms with Crippen LogP contribution in [0.15, 0.2) is 53.9 Å². The molecular formula is C20H18FNO2S. The van der Waals surface area contributed by atoms with Gasteiger partial charge in [0.15, 0.2) is 11.5 Å². The number of nitrogens with zero attached hydrogens (tertiary/aromatic N) is 1. The van der Waals surface area contributed by atoms with Crippen LogP contribution in [0, 0.1) is 5.82 Å². The first-order chi connectivity index (χ1) is 12.2. The van der Waals surface area contributed by atoms with E-state index in [0.29, 0.717) is 25.4 Å². The summed E-state index contributed by atoms with van der Waals surface area (Å²) in [7, 11) is 0. The van der Waals surface area contributed by atoms with Crippen molar-refractivity contribution < 1.29 is 14.2 Å². The van der Waals surface area contributed by atoms with E-state index in [0.717, 1.165) is 28.1 Å². The first kappa shape index (κ1) is 16.1. The first-order valence-corrected chi connectivity index (χ1v) is 9.06. The molecule has 0 atom stereocenters. The van der Waals surface area contributed by atoms with E-state index >= 15 is 0 Å². The number of thiophene rings is 1. The van der Waals surface area contributed by atoms with Crippen LogP contribution in [-0.2, 0) is 13.1 Å². The molecule has 128 valence electrons. The average molecular weight is 355 g/mol. The van der Waals surface area contributed by atoms with Crippen LogP contribution in [0.1, 0.15) is 11.1 Å². The summed E-state index contributed by atoms with van der Waals surface area (Å²) in [5.74, 6) is 0.533. The molecule has 0 aliphatic carbocycles. The highest BCUT2D eigenvalue weighted by Gasteiger charge is 2.20. The normalized spacial score (nSPS) is 14.6. The number of phenols is 1. The van der Waals surface area contributed by atoms with Crippen LogP contribution >= 0.6 is 11.3 Å². The molecule has 1 N–H and O–H groups in total. The van der Waals surface area contributed by atoms with Gasteiger partial charge in [-0.3, -0.25) is 4.90 Å². The van der Waals surface area contributed by atoms with E-state index in [-0.39, 0.29) is 11.6 Å². The molecule has 0 saturated heterocycles. The van der Waals surface area contributed by atoms with Gasteiger partial charge in [0.1, 0.15) is 12.4 Å². The summed E-state index contributed by atoms with van der Waals surface area (Å²) < 4.78 is 18.9. The third-order valence-electron chi connectivity index (χ3n) is 4.32. The molecule has 3 nitrogen and oxygen atoms in total. The largest absolute Gasteiger partial charge is 0.504 e. The Morgan fingerprint density at radius 3 is 2.76 bits per heavy atom. The van der Waals surface area contributed by atoms with E-state index in [1.807, 2.05) is 29.6 Å². The molecule has 0 amide bonds. The summed E-state index contributed by atoms with van der Waals surface area (Å²) in [6, 6.07) is 14.5. The van der Waals surface area contributed by atoms with E-state index < -0.39 is 0 Å². The summed E-state index contributed by atoms with van der Waals surface area (Å²) >= 11 is 1.64. The second kappa shape index (κ2) is 6.86. The lowest BCUT2D eigenvalue weighted by Gasteiger charge is -2.19. The second-order valence-electron chi connectivity index (χ2n) is 6.15. The molecule has 0 spiro atoms. The predicted molar refractivity (Wildman–Crippen MR) is 97.4 cm³/mol. The molecule has 5 heteroatoms. The van der Waals surface area contributed by atoms with E-state index in [4.69, 9.17) is 4.74 Å². The zero-order chi connectivity index (χ0) is 17.2. The van der Waals surface area contributed by atoms with Crippen LogP contribution < -0.4 is 4.74 Å². The Bertz CT molecular complexity index is 862. The lowest BCUT2D eigenvalue weighted by atomic mass is 10.1. The molecular weight excluding hydrogens is 337 g/mol. The number of ether oxygens (including phenoxy) is 1. The fourth-order valence-electron chi connectivity index (χ4n) is 3.12. The Morgan fingerprint density at radius 1 is 1.16 bits per heavy atom. The van der Waals surface area contributed by atoms with Gasteiger partial charge in [-0.15, -0.1) is 11.3 Å². The highest BCUT2D eigenvalue weighted by molar-refractivity contribution is 7.13. The van der Waals surface area contributed by atoms with Gasteiger partial charge >= 0.3 is 0 Å². The highest BCUT2D eigenvalue weighted by atomic mass is 32.1. The van der Waals surface area contributed by atoms with Crippen LogP contribution in [0.4, 0.5) is 4.39 Å². The standard InChI is InChI=1S/C20H18FNO2S/c21-17-5-3-14(4-6-17)12-22-7-8-24-20-16(13-22)10-15(11-18(20)23)19-2-1-9-25-19/h1-6,9-11,23H,7-8,12-13H2. The van der Waals surface area contributed by atoms with Gasteiger partial charge in [0, 0.05) is 30.1 Å². The van der Waals surface area contributed by atoms with Crippen LogP contribution in [0.2, 0.25) is 0 Å². The van der Waals surface area contributed by atoms with E-state index in [1.165, 1.54) is 12.1 Å². The summed E-state index contributed by atoms with van der Waals surface area (Å²) in [5.41, 5.74) is 3.03. The average Bonchev–Trinajstić information content (AvgIpc) is 3.06. The third kappa shape index (κ3) is 3.52. The molecule has 2 aromatic carbocycles. The smallest absolute Gasteiger partial charge is 0.165 e. The quantitative estimate of drug-likeness (QED) is 0.742. The second-order valence-corrected chi connectivity index (χ2v) is 7.09. The maximum atomic E-state index is 13.1. The summed E-state index contributed by atoms with van der Waals surface area (Å²) in [4.78, 5) is 3.36. The Hall–Kier alpha value is -2.37. The molecule has 1 aromatic heterocycles. The number of halogens is 1.